The predicted molar refractivity (Wildman–Crippen MR) is 65.3 cm³/mol. The third kappa shape index (κ3) is 2.50. The fourth-order valence-electron chi connectivity index (χ4n) is 2.65. The summed E-state index contributed by atoms with van der Waals surface area (Å²) < 4.78 is 82.2. The number of halogens is 5. The SMILES string of the molecule is OC[C@H]1OC(O)[C@@H]2OB(c3c(F)c(F)c(F)c(F)c3F)O[C@H]1[C@@H]2O. The molecule has 2 heterocycles. The number of hydrogen-bond donors (Lipinski definition) is 3. The van der Waals surface area contributed by atoms with Crippen LogP contribution in [0.5, 0.6) is 0 Å². The van der Waals surface area contributed by atoms with Crippen molar-refractivity contribution in [1.82, 2.24) is 0 Å². The monoisotopic (exact) mass is 356 g/mol. The lowest BCUT2D eigenvalue weighted by molar-refractivity contribution is -0.298. The van der Waals surface area contributed by atoms with Gasteiger partial charge >= 0.3 is 7.12 Å². The maximum absolute atomic E-state index is 13.9. The molecule has 24 heavy (non-hydrogen) atoms. The van der Waals surface area contributed by atoms with Crippen LogP contribution in [0, 0.1) is 29.1 Å². The molecule has 1 aromatic carbocycles. The van der Waals surface area contributed by atoms with E-state index in [1.807, 2.05) is 0 Å². The van der Waals surface area contributed by atoms with Crippen molar-refractivity contribution in [2.24, 2.45) is 0 Å². The van der Waals surface area contributed by atoms with Crippen molar-refractivity contribution in [2.45, 2.75) is 30.7 Å². The Hall–Kier alpha value is -1.31. The highest BCUT2D eigenvalue weighted by Crippen LogP contribution is 2.30. The van der Waals surface area contributed by atoms with Gasteiger partial charge in [0.15, 0.2) is 35.4 Å². The molecule has 0 radical (unpaired) electrons. The second kappa shape index (κ2) is 6.21. The van der Waals surface area contributed by atoms with Crippen LogP contribution in [0.15, 0.2) is 0 Å². The fraction of sp³-hybridized carbons (Fsp3) is 0.500. The van der Waals surface area contributed by atoms with E-state index >= 15 is 0 Å². The van der Waals surface area contributed by atoms with Crippen LogP contribution in [0.25, 0.3) is 0 Å². The van der Waals surface area contributed by atoms with E-state index in [0.717, 1.165) is 0 Å². The first kappa shape index (κ1) is 17.5. The molecule has 0 amide bonds. The maximum atomic E-state index is 13.9. The minimum absolute atomic E-state index is 0.741. The topological polar surface area (TPSA) is 88.4 Å². The number of fused-ring (bicyclic) bond motifs is 2. The van der Waals surface area contributed by atoms with E-state index < -0.39 is 79.0 Å². The van der Waals surface area contributed by atoms with Crippen molar-refractivity contribution in [3.63, 3.8) is 0 Å². The Morgan fingerprint density at radius 1 is 0.833 bits per heavy atom. The normalized spacial score (nSPS) is 33.0. The zero-order valence-electron chi connectivity index (χ0n) is 11.6. The summed E-state index contributed by atoms with van der Waals surface area (Å²) in [7, 11) is -2.11. The summed E-state index contributed by atoms with van der Waals surface area (Å²) in [5.74, 6) is -11.1. The molecule has 1 unspecified atom stereocenters. The van der Waals surface area contributed by atoms with Crippen LogP contribution in [0.2, 0.25) is 0 Å². The molecule has 12 heteroatoms. The molecule has 132 valence electrons. The molecule has 6 nitrogen and oxygen atoms in total. The molecule has 2 aliphatic rings. The van der Waals surface area contributed by atoms with Crippen LogP contribution in [0.3, 0.4) is 0 Å². The summed E-state index contributed by atoms with van der Waals surface area (Å²) in [5.41, 5.74) is -1.40. The standard InChI is InChI=1S/C12H10BF5O6/c14-4-3(5(15)7(17)8(18)6(4)16)13-23-10-2(1-19)22-12(21)11(24-13)9(10)20/h2,9-12,19-21H,1H2/t2-,9+,10-,11-,12?/m1/s1. The number of ether oxygens (including phenoxy) is 1. The molecule has 0 saturated carbocycles. The second-order valence-corrected chi connectivity index (χ2v) is 5.26. The van der Waals surface area contributed by atoms with E-state index in [1.54, 1.807) is 0 Å². The maximum Gasteiger partial charge on any atom is 0.501 e. The van der Waals surface area contributed by atoms with Gasteiger partial charge in [0, 0.05) is 0 Å². The van der Waals surface area contributed by atoms with Gasteiger partial charge in [-0.05, 0) is 0 Å². The smallest absolute Gasteiger partial charge is 0.399 e. The molecular weight excluding hydrogens is 346 g/mol. The Morgan fingerprint density at radius 2 is 1.33 bits per heavy atom. The van der Waals surface area contributed by atoms with Gasteiger partial charge in [0.05, 0.1) is 12.1 Å². The fourth-order valence-corrected chi connectivity index (χ4v) is 2.65. The van der Waals surface area contributed by atoms with Crippen LogP contribution < -0.4 is 5.46 Å². The van der Waals surface area contributed by atoms with Crippen LogP contribution in [0.1, 0.15) is 0 Å². The van der Waals surface area contributed by atoms with Crippen LogP contribution in [0.4, 0.5) is 22.0 Å². The molecule has 3 N–H and O–H groups in total. The quantitative estimate of drug-likeness (QED) is 0.271. The summed E-state index contributed by atoms with van der Waals surface area (Å²) in [6.45, 7) is -0.741. The first-order chi connectivity index (χ1) is 11.3. The first-order valence-electron chi connectivity index (χ1n) is 6.72. The minimum Gasteiger partial charge on any atom is -0.399 e. The van der Waals surface area contributed by atoms with Gasteiger partial charge in [-0.25, -0.2) is 22.0 Å². The highest BCUT2D eigenvalue weighted by Gasteiger charge is 2.54. The lowest BCUT2D eigenvalue weighted by Gasteiger charge is -2.47. The predicted octanol–water partition coefficient (Wildman–Crippen LogP) is -1.07. The van der Waals surface area contributed by atoms with Crippen LogP contribution in [-0.4, -0.2) is 59.8 Å². The number of aliphatic hydroxyl groups is 3. The van der Waals surface area contributed by atoms with Crippen molar-refractivity contribution < 1.29 is 51.3 Å². The second-order valence-electron chi connectivity index (χ2n) is 5.26. The highest BCUT2D eigenvalue weighted by atomic mass is 19.2. The third-order valence-corrected chi connectivity index (χ3v) is 3.86. The summed E-state index contributed by atoms with van der Waals surface area (Å²) in [6.07, 6.45) is -7.65. The van der Waals surface area contributed by atoms with E-state index in [0.29, 0.717) is 0 Å². The molecule has 2 bridgehead atoms. The average Bonchev–Trinajstić information content (AvgIpc) is 2.55. The van der Waals surface area contributed by atoms with Crippen LogP contribution >= 0.6 is 0 Å². The molecule has 1 aromatic rings. The van der Waals surface area contributed by atoms with E-state index in [1.165, 1.54) is 0 Å². The zero-order chi connectivity index (χ0) is 17.8. The van der Waals surface area contributed by atoms with Gasteiger partial charge in [-0.2, -0.15) is 0 Å². The molecule has 2 saturated heterocycles. The van der Waals surface area contributed by atoms with Gasteiger partial charge in [0.1, 0.15) is 24.4 Å². The molecular formula is C12H10BF5O6. The Morgan fingerprint density at radius 3 is 1.88 bits per heavy atom. The molecule has 2 fully saturated rings. The molecule has 2 aliphatic heterocycles. The zero-order valence-corrected chi connectivity index (χ0v) is 11.6. The molecule has 0 aliphatic carbocycles. The van der Waals surface area contributed by atoms with Crippen molar-refractivity contribution in [2.75, 3.05) is 6.61 Å². The average molecular weight is 356 g/mol. The lowest BCUT2D eigenvalue weighted by atomic mass is 9.74. The summed E-state index contributed by atoms with van der Waals surface area (Å²) in [5, 5.41) is 28.7. The van der Waals surface area contributed by atoms with Gasteiger partial charge in [0.2, 0.25) is 0 Å². The third-order valence-electron chi connectivity index (χ3n) is 3.86. The van der Waals surface area contributed by atoms with Gasteiger partial charge in [-0.1, -0.05) is 0 Å². The van der Waals surface area contributed by atoms with Crippen molar-refractivity contribution in [3.05, 3.63) is 29.1 Å². The van der Waals surface area contributed by atoms with Crippen molar-refractivity contribution >= 4 is 12.6 Å². The Bertz CT molecular complexity index is 632. The Labute approximate surface area is 131 Å². The Balaban J connectivity index is 2.03. The number of benzene rings is 1. The van der Waals surface area contributed by atoms with Crippen LogP contribution in [-0.2, 0) is 14.0 Å². The molecule has 3 rings (SSSR count). The van der Waals surface area contributed by atoms with Gasteiger partial charge in [-0.3, -0.25) is 0 Å². The van der Waals surface area contributed by atoms with E-state index in [-0.39, 0.29) is 0 Å². The van der Waals surface area contributed by atoms with Gasteiger partial charge in [-0.15, -0.1) is 0 Å². The van der Waals surface area contributed by atoms with E-state index in [9.17, 15) is 32.2 Å². The molecule has 5 atom stereocenters. The van der Waals surface area contributed by atoms with Crippen molar-refractivity contribution in [1.29, 1.82) is 0 Å². The molecule has 0 spiro atoms. The molecule has 0 aromatic heterocycles. The number of hydrogen-bond acceptors (Lipinski definition) is 6. The first-order valence-corrected chi connectivity index (χ1v) is 6.72. The number of aliphatic hydroxyl groups excluding tert-OH is 3. The lowest BCUT2D eigenvalue weighted by Crippen LogP contribution is -2.68. The van der Waals surface area contributed by atoms with E-state index in [2.05, 4.69) is 0 Å². The Kier molecular flexibility index (Phi) is 4.53. The van der Waals surface area contributed by atoms with Crippen molar-refractivity contribution in [3.8, 4) is 0 Å². The summed E-state index contributed by atoms with van der Waals surface area (Å²) in [4.78, 5) is 0. The summed E-state index contributed by atoms with van der Waals surface area (Å²) in [6, 6.07) is 0. The minimum atomic E-state index is -2.35. The largest absolute Gasteiger partial charge is 0.501 e. The summed E-state index contributed by atoms with van der Waals surface area (Å²) >= 11 is 0. The number of rotatable bonds is 2. The van der Waals surface area contributed by atoms with E-state index in [4.69, 9.17) is 19.2 Å². The highest BCUT2D eigenvalue weighted by molar-refractivity contribution is 6.61. The van der Waals surface area contributed by atoms with Gasteiger partial charge < -0.3 is 29.4 Å². The van der Waals surface area contributed by atoms with Gasteiger partial charge in [0.25, 0.3) is 0 Å².